The number of nitrogens with two attached hydrogens (primary N) is 1. The van der Waals surface area contributed by atoms with Crippen LogP contribution in [0, 0.1) is 17.8 Å². The number of likely N-dealkylation sites (N-methyl/N-ethyl adjacent to an activating group) is 1. The lowest BCUT2D eigenvalue weighted by atomic mass is 9.65. The summed E-state index contributed by atoms with van der Waals surface area (Å²) >= 11 is 6.30. The van der Waals surface area contributed by atoms with Gasteiger partial charge in [0.15, 0.2) is 0 Å². The van der Waals surface area contributed by atoms with Gasteiger partial charge in [-0.15, -0.1) is 0 Å². The first kappa shape index (κ1) is 19.5. The summed E-state index contributed by atoms with van der Waals surface area (Å²) in [5.74, 6) is 1.78. The first-order valence-electron chi connectivity index (χ1n) is 9.57. The van der Waals surface area contributed by atoms with Crippen LogP contribution in [0.25, 0.3) is 0 Å². The molecule has 1 aromatic rings. The molecule has 2 aliphatic carbocycles. The highest BCUT2D eigenvalue weighted by Gasteiger charge is 2.40. The maximum Gasteiger partial charge on any atom is 0.227 e. The van der Waals surface area contributed by atoms with Gasteiger partial charge in [0, 0.05) is 24.2 Å². The second-order valence-electron chi connectivity index (χ2n) is 7.98. The molecule has 0 radical (unpaired) electrons. The van der Waals surface area contributed by atoms with E-state index in [1.165, 1.54) is 6.42 Å². The Kier molecular flexibility index (Phi) is 6.43. The fraction of sp³-hybridized carbons (Fsp3) is 0.650. The van der Waals surface area contributed by atoms with Crippen molar-refractivity contribution in [1.82, 2.24) is 4.90 Å². The molecule has 3 N–H and O–H groups in total. The number of carbonyl (C=O) groups is 1. The Morgan fingerprint density at radius 1 is 1.31 bits per heavy atom. The number of benzene rings is 1. The predicted molar refractivity (Wildman–Crippen MR) is 106 cm³/mol. The van der Waals surface area contributed by atoms with Gasteiger partial charge in [0.1, 0.15) is 12.4 Å². The van der Waals surface area contributed by atoms with Crippen molar-refractivity contribution in [1.29, 1.82) is 0 Å². The number of rotatable bonds is 6. The lowest BCUT2D eigenvalue weighted by molar-refractivity contribution is -0.122. The van der Waals surface area contributed by atoms with Gasteiger partial charge in [-0.1, -0.05) is 18.0 Å². The molecule has 2 unspecified atom stereocenters. The molecule has 2 saturated carbocycles. The molecule has 1 aromatic carbocycles. The fourth-order valence-corrected chi connectivity index (χ4v) is 4.52. The number of nitrogens with zero attached hydrogens (tertiary/aromatic N) is 1. The van der Waals surface area contributed by atoms with Crippen LogP contribution in [0.15, 0.2) is 18.2 Å². The van der Waals surface area contributed by atoms with Gasteiger partial charge in [-0.05, 0) is 69.8 Å². The normalized spacial score (nSPS) is 28.0. The van der Waals surface area contributed by atoms with Crippen molar-refractivity contribution < 1.29 is 9.53 Å². The SMILES string of the molecule is CN(C)CCOc1ccc(NC(=O)C2CC3CCCC(C2)C3N)cc1Cl. The van der Waals surface area contributed by atoms with Crippen LogP contribution in [0.5, 0.6) is 5.75 Å². The monoisotopic (exact) mass is 379 g/mol. The quantitative estimate of drug-likeness (QED) is 0.795. The third kappa shape index (κ3) is 4.70. The number of amides is 1. The lowest BCUT2D eigenvalue weighted by Crippen LogP contribution is -2.48. The van der Waals surface area contributed by atoms with Crippen LogP contribution < -0.4 is 15.8 Å². The summed E-state index contributed by atoms with van der Waals surface area (Å²) in [7, 11) is 3.99. The average molecular weight is 380 g/mol. The first-order valence-corrected chi connectivity index (χ1v) is 9.95. The largest absolute Gasteiger partial charge is 0.491 e. The molecule has 0 aliphatic heterocycles. The van der Waals surface area contributed by atoms with Crippen molar-refractivity contribution in [3.63, 3.8) is 0 Å². The number of fused-ring (bicyclic) bond motifs is 2. The molecule has 26 heavy (non-hydrogen) atoms. The lowest BCUT2D eigenvalue weighted by Gasteiger charge is -2.43. The Labute approximate surface area is 161 Å². The number of anilines is 1. The van der Waals surface area contributed by atoms with Gasteiger partial charge >= 0.3 is 0 Å². The Bertz CT molecular complexity index is 623. The van der Waals surface area contributed by atoms with E-state index < -0.39 is 0 Å². The summed E-state index contributed by atoms with van der Waals surface area (Å²) < 4.78 is 5.69. The topological polar surface area (TPSA) is 67.6 Å². The van der Waals surface area contributed by atoms with Crippen molar-refractivity contribution in [2.45, 2.75) is 38.1 Å². The van der Waals surface area contributed by atoms with Crippen LogP contribution in [0.3, 0.4) is 0 Å². The second kappa shape index (κ2) is 8.59. The minimum absolute atomic E-state index is 0.0555. The molecule has 0 heterocycles. The Morgan fingerprint density at radius 2 is 2.00 bits per heavy atom. The van der Waals surface area contributed by atoms with E-state index in [1.54, 1.807) is 6.07 Å². The van der Waals surface area contributed by atoms with Gasteiger partial charge in [0.05, 0.1) is 5.02 Å². The molecule has 0 aromatic heterocycles. The molecule has 3 rings (SSSR count). The maximum absolute atomic E-state index is 12.7. The summed E-state index contributed by atoms with van der Waals surface area (Å²) in [6.45, 7) is 1.39. The molecule has 2 atom stereocenters. The highest BCUT2D eigenvalue weighted by molar-refractivity contribution is 6.32. The van der Waals surface area contributed by atoms with Crippen LogP contribution >= 0.6 is 11.6 Å². The number of hydrogen-bond donors (Lipinski definition) is 2. The summed E-state index contributed by atoms with van der Waals surface area (Å²) in [5.41, 5.74) is 7.05. The van der Waals surface area contributed by atoms with E-state index in [4.69, 9.17) is 22.1 Å². The second-order valence-corrected chi connectivity index (χ2v) is 8.39. The van der Waals surface area contributed by atoms with Crippen LogP contribution in [0.2, 0.25) is 5.02 Å². The number of carbonyl (C=O) groups excluding carboxylic acids is 1. The van der Waals surface area contributed by atoms with Crippen molar-refractivity contribution in [2.24, 2.45) is 23.5 Å². The van der Waals surface area contributed by atoms with Gasteiger partial charge in [-0.3, -0.25) is 4.79 Å². The summed E-state index contributed by atoms with van der Waals surface area (Å²) in [6.07, 6.45) is 5.38. The third-order valence-corrected chi connectivity index (χ3v) is 6.07. The molecule has 0 saturated heterocycles. The predicted octanol–water partition coefficient (Wildman–Crippen LogP) is 3.37. The van der Waals surface area contributed by atoms with E-state index in [2.05, 4.69) is 5.32 Å². The van der Waals surface area contributed by atoms with Gasteiger partial charge in [0.25, 0.3) is 0 Å². The molecule has 6 heteroatoms. The van der Waals surface area contributed by atoms with Crippen molar-refractivity contribution in [2.75, 3.05) is 32.6 Å². The summed E-state index contributed by atoms with van der Waals surface area (Å²) in [6, 6.07) is 5.71. The van der Waals surface area contributed by atoms with Gasteiger partial charge in [0.2, 0.25) is 5.91 Å². The van der Waals surface area contributed by atoms with E-state index >= 15 is 0 Å². The zero-order valence-corrected chi connectivity index (χ0v) is 16.5. The minimum atomic E-state index is 0.0555. The number of hydrogen-bond acceptors (Lipinski definition) is 4. The molecule has 2 aliphatic rings. The highest BCUT2D eigenvalue weighted by Crippen LogP contribution is 2.42. The molecular formula is C20H30ClN3O2. The van der Waals surface area contributed by atoms with Gasteiger partial charge < -0.3 is 20.7 Å². The number of halogens is 1. The van der Waals surface area contributed by atoms with Crippen molar-refractivity contribution >= 4 is 23.2 Å². The Morgan fingerprint density at radius 3 is 2.62 bits per heavy atom. The smallest absolute Gasteiger partial charge is 0.227 e. The van der Waals surface area contributed by atoms with Crippen LogP contribution in [0.1, 0.15) is 32.1 Å². The average Bonchev–Trinajstić information content (AvgIpc) is 2.56. The number of ether oxygens (including phenoxy) is 1. The van der Waals surface area contributed by atoms with Gasteiger partial charge in [-0.2, -0.15) is 0 Å². The van der Waals surface area contributed by atoms with Crippen LogP contribution in [-0.4, -0.2) is 44.1 Å². The van der Waals surface area contributed by atoms with E-state index in [0.29, 0.717) is 29.2 Å². The molecule has 2 bridgehead atoms. The van der Waals surface area contributed by atoms with E-state index in [9.17, 15) is 4.79 Å². The van der Waals surface area contributed by atoms with Crippen LogP contribution in [0.4, 0.5) is 5.69 Å². The molecule has 2 fully saturated rings. The van der Waals surface area contributed by atoms with Crippen molar-refractivity contribution in [3.8, 4) is 5.75 Å². The molecular weight excluding hydrogens is 350 g/mol. The molecule has 0 spiro atoms. The molecule has 144 valence electrons. The Hall–Kier alpha value is -1.30. The highest BCUT2D eigenvalue weighted by atomic mass is 35.5. The third-order valence-electron chi connectivity index (χ3n) is 5.78. The molecule has 1 amide bonds. The van der Waals surface area contributed by atoms with E-state index in [-0.39, 0.29) is 17.9 Å². The minimum Gasteiger partial charge on any atom is -0.491 e. The standard InChI is InChI=1S/C20H30ClN3O2/c1-24(2)8-9-26-18-7-6-16(12-17(18)21)23-20(25)15-10-13-4-3-5-14(11-15)19(13)22/h6-7,12-15,19H,3-5,8-11,22H2,1-2H3,(H,23,25). The summed E-state index contributed by atoms with van der Waals surface area (Å²) in [5, 5.41) is 3.55. The molecule has 5 nitrogen and oxygen atoms in total. The van der Waals surface area contributed by atoms with E-state index in [1.807, 2.05) is 31.1 Å². The first-order chi connectivity index (χ1) is 12.4. The van der Waals surface area contributed by atoms with Crippen molar-refractivity contribution in [3.05, 3.63) is 23.2 Å². The zero-order chi connectivity index (χ0) is 18.7. The van der Waals surface area contributed by atoms with Crippen LogP contribution in [-0.2, 0) is 4.79 Å². The summed E-state index contributed by atoms with van der Waals surface area (Å²) in [4.78, 5) is 14.8. The maximum atomic E-state index is 12.7. The number of nitrogens with one attached hydrogen (secondary N) is 1. The zero-order valence-electron chi connectivity index (χ0n) is 15.7. The van der Waals surface area contributed by atoms with Gasteiger partial charge in [-0.25, -0.2) is 0 Å². The Balaban J connectivity index is 1.57. The fourth-order valence-electron chi connectivity index (χ4n) is 4.28. The van der Waals surface area contributed by atoms with E-state index in [0.717, 1.165) is 37.9 Å².